The molecule has 1 fully saturated rings. The van der Waals surface area contributed by atoms with Gasteiger partial charge in [0.05, 0.1) is 27.8 Å². The van der Waals surface area contributed by atoms with Gasteiger partial charge in [0.25, 0.3) is 0 Å². The lowest BCUT2D eigenvalue weighted by atomic mass is 10.1. The first kappa shape index (κ1) is 20.2. The van der Waals surface area contributed by atoms with Gasteiger partial charge < -0.3 is 19.5 Å². The van der Waals surface area contributed by atoms with E-state index in [-0.39, 0.29) is 5.69 Å². The number of benzene rings is 2. The Morgan fingerprint density at radius 2 is 1.56 bits per heavy atom. The van der Waals surface area contributed by atoms with Gasteiger partial charge >= 0.3 is 12.2 Å². The summed E-state index contributed by atoms with van der Waals surface area (Å²) in [6.07, 6.45) is -2.54. The number of hydrogen-bond donors (Lipinski definition) is 1. The molecule has 9 heteroatoms. The zero-order valence-corrected chi connectivity index (χ0v) is 17.0. The van der Waals surface area contributed by atoms with Crippen LogP contribution in [0.5, 0.6) is 0 Å². The highest BCUT2D eigenvalue weighted by molar-refractivity contribution is 5.90. The number of anilines is 2. The van der Waals surface area contributed by atoms with Gasteiger partial charge in [-0.1, -0.05) is 24.3 Å². The summed E-state index contributed by atoms with van der Waals surface area (Å²) in [5.74, 6) is 0.830. The minimum absolute atomic E-state index is 0.237. The summed E-state index contributed by atoms with van der Waals surface area (Å²) in [6.45, 7) is 1.81. The van der Waals surface area contributed by atoms with Crippen LogP contribution in [-0.4, -0.2) is 46.5 Å². The van der Waals surface area contributed by atoms with Crippen LogP contribution in [0.4, 0.5) is 29.5 Å². The predicted molar refractivity (Wildman–Crippen MR) is 117 cm³/mol. The smallest absolute Gasteiger partial charge is 0.351 e. The zero-order valence-electron chi connectivity index (χ0n) is 17.0. The highest BCUT2D eigenvalue weighted by Gasteiger charge is 2.34. The molecule has 1 aliphatic rings. The lowest BCUT2D eigenvalue weighted by molar-refractivity contribution is -0.136. The average Bonchev–Trinajstić information content (AvgIpc) is 3.29. The van der Waals surface area contributed by atoms with Crippen molar-refractivity contribution in [2.24, 2.45) is 0 Å². The van der Waals surface area contributed by atoms with Crippen molar-refractivity contribution in [2.75, 3.05) is 36.4 Å². The van der Waals surface area contributed by atoms with Crippen molar-refractivity contribution in [3.05, 3.63) is 72.4 Å². The number of carbonyl (C=O) groups is 1. The Morgan fingerprint density at radius 3 is 2.34 bits per heavy atom. The van der Waals surface area contributed by atoms with E-state index in [1.807, 2.05) is 42.6 Å². The molecule has 0 bridgehead atoms. The summed E-state index contributed by atoms with van der Waals surface area (Å²) in [7, 11) is 0. The number of piperazine rings is 1. The third kappa shape index (κ3) is 3.59. The molecule has 0 atom stereocenters. The van der Waals surface area contributed by atoms with Crippen LogP contribution >= 0.6 is 0 Å². The lowest BCUT2D eigenvalue weighted by Crippen LogP contribution is -2.50. The molecule has 6 nitrogen and oxygen atoms in total. The summed E-state index contributed by atoms with van der Waals surface area (Å²) in [5, 5.41) is 2.42. The van der Waals surface area contributed by atoms with Crippen molar-refractivity contribution in [1.29, 1.82) is 0 Å². The number of carbonyl (C=O) groups excluding carboxylic acids is 1. The van der Waals surface area contributed by atoms with Crippen LogP contribution < -0.4 is 10.2 Å². The predicted octanol–water partition coefficient (Wildman–Crippen LogP) is 4.86. The molecular weight excluding hydrogens is 419 g/mol. The topological polar surface area (TPSA) is 52.9 Å². The number of halogens is 3. The fourth-order valence-electron chi connectivity index (χ4n) is 4.09. The van der Waals surface area contributed by atoms with Gasteiger partial charge in [0.15, 0.2) is 5.82 Å². The Morgan fingerprint density at radius 1 is 0.875 bits per heavy atom. The van der Waals surface area contributed by atoms with Gasteiger partial charge in [-0.3, -0.25) is 0 Å². The van der Waals surface area contributed by atoms with Crippen LogP contribution in [0.3, 0.4) is 0 Å². The molecule has 1 saturated heterocycles. The van der Waals surface area contributed by atoms with Gasteiger partial charge in [-0.25, -0.2) is 9.78 Å². The normalized spacial score (nSPS) is 14.8. The monoisotopic (exact) mass is 439 g/mol. The molecule has 0 saturated carbocycles. The van der Waals surface area contributed by atoms with Crippen LogP contribution in [0.25, 0.3) is 16.6 Å². The van der Waals surface area contributed by atoms with E-state index in [0.717, 1.165) is 28.4 Å². The Hall–Kier alpha value is -3.75. The van der Waals surface area contributed by atoms with E-state index in [2.05, 4.69) is 14.6 Å². The fourth-order valence-corrected chi connectivity index (χ4v) is 4.09. The van der Waals surface area contributed by atoms with Crippen LogP contribution in [0.1, 0.15) is 5.56 Å². The summed E-state index contributed by atoms with van der Waals surface area (Å²) >= 11 is 0. The Bertz CT molecular complexity index is 1290. The van der Waals surface area contributed by atoms with Gasteiger partial charge in [-0.05, 0) is 36.4 Å². The Kier molecular flexibility index (Phi) is 4.88. The standard InChI is InChI=1S/C23H20F3N5O/c24-23(25,26)16-6-1-2-7-17(16)28-22(32)30-14-12-29(13-15-30)21-20-10-5-11-31(20)19-9-4-3-8-18(19)27-21/h1-11H,12-15H2,(H,28,32). The van der Waals surface area contributed by atoms with Gasteiger partial charge in [0, 0.05) is 32.4 Å². The number of hydrogen-bond acceptors (Lipinski definition) is 3. The van der Waals surface area contributed by atoms with Crippen LogP contribution in [0, 0.1) is 0 Å². The lowest BCUT2D eigenvalue weighted by Gasteiger charge is -2.35. The number of fused-ring (bicyclic) bond motifs is 3. The first-order valence-electron chi connectivity index (χ1n) is 10.2. The van der Waals surface area contributed by atoms with Crippen molar-refractivity contribution in [2.45, 2.75) is 6.18 Å². The quantitative estimate of drug-likeness (QED) is 0.485. The fraction of sp³-hybridized carbons (Fsp3) is 0.217. The van der Waals surface area contributed by atoms with Crippen molar-refractivity contribution >= 4 is 34.1 Å². The van der Waals surface area contributed by atoms with Gasteiger partial charge in [0.2, 0.25) is 0 Å². The maximum absolute atomic E-state index is 13.2. The zero-order chi connectivity index (χ0) is 22.3. The maximum Gasteiger partial charge on any atom is 0.418 e. The number of nitrogens with one attached hydrogen (secondary N) is 1. The number of rotatable bonds is 2. The summed E-state index contributed by atoms with van der Waals surface area (Å²) in [4.78, 5) is 21.1. The number of amides is 2. The van der Waals surface area contributed by atoms with Crippen molar-refractivity contribution in [3.8, 4) is 0 Å². The molecule has 2 aromatic carbocycles. The molecule has 5 rings (SSSR count). The Balaban J connectivity index is 1.33. The number of para-hydroxylation sites is 3. The molecule has 2 aromatic heterocycles. The van der Waals surface area contributed by atoms with Gasteiger partial charge in [-0.2, -0.15) is 13.2 Å². The van der Waals surface area contributed by atoms with Crippen LogP contribution in [0.15, 0.2) is 66.9 Å². The molecule has 0 aliphatic carbocycles. The molecular formula is C23H20F3N5O. The van der Waals surface area contributed by atoms with Crippen molar-refractivity contribution in [3.63, 3.8) is 0 Å². The second kappa shape index (κ2) is 7.74. The highest BCUT2D eigenvalue weighted by atomic mass is 19.4. The number of urea groups is 1. The van der Waals surface area contributed by atoms with E-state index in [9.17, 15) is 18.0 Å². The maximum atomic E-state index is 13.2. The highest BCUT2D eigenvalue weighted by Crippen LogP contribution is 2.34. The molecule has 2 amide bonds. The first-order chi connectivity index (χ1) is 15.4. The molecule has 3 heterocycles. The number of alkyl halides is 3. The van der Waals surface area contributed by atoms with Gasteiger partial charge in [0.1, 0.15) is 0 Å². The minimum Gasteiger partial charge on any atom is -0.351 e. The third-order valence-corrected chi connectivity index (χ3v) is 5.69. The van der Waals surface area contributed by atoms with Gasteiger partial charge in [-0.15, -0.1) is 0 Å². The van der Waals surface area contributed by atoms with Crippen LogP contribution in [-0.2, 0) is 6.18 Å². The second-order valence-electron chi connectivity index (χ2n) is 7.64. The summed E-state index contributed by atoms with van der Waals surface area (Å²) in [6, 6.07) is 16.3. The first-order valence-corrected chi connectivity index (χ1v) is 10.2. The molecule has 1 N–H and O–H groups in total. The van der Waals surface area contributed by atoms with E-state index in [1.54, 1.807) is 0 Å². The summed E-state index contributed by atoms with van der Waals surface area (Å²) < 4.78 is 41.7. The second-order valence-corrected chi connectivity index (χ2v) is 7.64. The molecule has 0 spiro atoms. The van der Waals surface area contributed by atoms with Crippen molar-refractivity contribution < 1.29 is 18.0 Å². The molecule has 1 aliphatic heterocycles. The van der Waals surface area contributed by atoms with E-state index < -0.39 is 17.8 Å². The molecule has 32 heavy (non-hydrogen) atoms. The molecule has 4 aromatic rings. The van der Waals surface area contributed by atoms with E-state index >= 15 is 0 Å². The summed E-state index contributed by atoms with van der Waals surface area (Å²) in [5.41, 5.74) is 1.76. The minimum atomic E-state index is -4.53. The Labute approximate surface area is 181 Å². The van der Waals surface area contributed by atoms with E-state index in [4.69, 9.17) is 4.98 Å². The number of nitrogens with zero attached hydrogens (tertiary/aromatic N) is 4. The van der Waals surface area contributed by atoms with Crippen molar-refractivity contribution in [1.82, 2.24) is 14.3 Å². The largest absolute Gasteiger partial charge is 0.418 e. The molecule has 0 unspecified atom stereocenters. The van der Waals surface area contributed by atoms with Crippen LogP contribution in [0.2, 0.25) is 0 Å². The molecule has 164 valence electrons. The number of aromatic nitrogens is 2. The average molecular weight is 439 g/mol. The third-order valence-electron chi connectivity index (χ3n) is 5.69. The SMILES string of the molecule is O=C(Nc1ccccc1C(F)(F)F)N1CCN(c2nc3ccccc3n3cccc23)CC1. The van der Waals surface area contributed by atoms with E-state index in [1.165, 1.54) is 23.1 Å². The molecule has 0 radical (unpaired) electrons. The van der Waals surface area contributed by atoms with E-state index in [0.29, 0.717) is 26.2 Å².